The SMILES string of the molecule is CCCCC(C)NS(=O)(=O)c1ccc(OCC(=O)O)cc1. The first-order valence-corrected chi connectivity index (χ1v) is 8.30. The van der Waals surface area contributed by atoms with Gasteiger partial charge < -0.3 is 9.84 Å². The number of carboxylic acids is 1. The molecule has 0 heterocycles. The van der Waals surface area contributed by atoms with Gasteiger partial charge in [0.05, 0.1) is 4.90 Å². The number of carbonyl (C=O) groups is 1. The summed E-state index contributed by atoms with van der Waals surface area (Å²) in [5.74, 6) is -0.770. The van der Waals surface area contributed by atoms with Crippen LogP contribution in [0.5, 0.6) is 5.75 Å². The number of rotatable bonds is 9. The normalized spacial score (nSPS) is 12.9. The van der Waals surface area contributed by atoms with Gasteiger partial charge in [0.2, 0.25) is 10.0 Å². The standard InChI is InChI=1S/C14H21NO5S/c1-3-4-5-11(2)15-21(18,19)13-8-6-12(7-9-13)20-10-14(16)17/h6-9,11,15H,3-5,10H2,1-2H3,(H,16,17). The van der Waals surface area contributed by atoms with Crippen LogP contribution < -0.4 is 9.46 Å². The quantitative estimate of drug-likeness (QED) is 0.727. The zero-order valence-corrected chi connectivity index (χ0v) is 13.0. The van der Waals surface area contributed by atoms with Gasteiger partial charge in [-0.05, 0) is 37.6 Å². The molecular formula is C14H21NO5S. The number of hydrogen-bond donors (Lipinski definition) is 2. The van der Waals surface area contributed by atoms with Crippen molar-refractivity contribution in [1.82, 2.24) is 4.72 Å². The third-order valence-corrected chi connectivity index (χ3v) is 4.45. The second-order valence-electron chi connectivity index (χ2n) is 4.82. The van der Waals surface area contributed by atoms with E-state index in [0.717, 1.165) is 19.3 Å². The van der Waals surface area contributed by atoms with Crippen LogP contribution in [0.25, 0.3) is 0 Å². The molecule has 0 spiro atoms. The molecule has 0 aromatic heterocycles. The molecule has 0 bridgehead atoms. The molecule has 1 unspecified atom stereocenters. The van der Waals surface area contributed by atoms with Crippen molar-refractivity contribution in [2.24, 2.45) is 0 Å². The van der Waals surface area contributed by atoms with Crippen LogP contribution in [0.2, 0.25) is 0 Å². The lowest BCUT2D eigenvalue weighted by molar-refractivity contribution is -0.139. The minimum absolute atomic E-state index is 0.127. The molecular weight excluding hydrogens is 294 g/mol. The minimum atomic E-state index is -3.56. The highest BCUT2D eigenvalue weighted by Crippen LogP contribution is 2.16. The zero-order valence-electron chi connectivity index (χ0n) is 12.2. The van der Waals surface area contributed by atoms with Crippen LogP contribution in [0.4, 0.5) is 0 Å². The van der Waals surface area contributed by atoms with E-state index < -0.39 is 22.6 Å². The van der Waals surface area contributed by atoms with Crippen LogP contribution in [-0.4, -0.2) is 32.1 Å². The molecule has 1 aromatic rings. The Morgan fingerprint density at radius 3 is 2.48 bits per heavy atom. The predicted octanol–water partition coefficient (Wildman–Crippen LogP) is 2.01. The number of ether oxygens (including phenoxy) is 1. The Morgan fingerprint density at radius 2 is 1.95 bits per heavy atom. The molecule has 0 aliphatic carbocycles. The average Bonchev–Trinajstić information content (AvgIpc) is 2.43. The fourth-order valence-electron chi connectivity index (χ4n) is 1.76. The van der Waals surface area contributed by atoms with Gasteiger partial charge in [-0.2, -0.15) is 0 Å². The number of aliphatic carboxylic acids is 1. The fourth-order valence-corrected chi connectivity index (χ4v) is 3.04. The third-order valence-electron chi connectivity index (χ3n) is 2.84. The van der Waals surface area contributed by atoms with Gasteiger partial charge in [-0.3, -0.25) is 0 Å². The highest BCUT2D eigenvalue weighted by Gasteiger charge is 2.17. The molecule has 0 saturated heterocycles. The van der Waals surface area contributed by atoms with Gasteiger partial charge in [-0.1, -0.05) is 19.8 Å². The van der Waals surface area contributed by atoms with Crippen molar-refractivity contribution < 1.29 is 23.1 Å². The minimum Gasteiger partial charge on any atom is -0.482 e. The summed E-state index contributed by atoms with van der Waals surface area (Å²) in [6, 6.07) is 5.54. The lowest BCUT2D eigenvalue weighted by Gasteiger charge is -2.14. The van der Waals surface area contributed by atoms with E-state index in [1.165, 1.54) is 24.3 Å². The molecule has 7 heteroatoms. The maximum absolute atomic E-state index is 12.1. The van der Waals surface area contributed by atoms with Gasteiger partial charge in [-0.25, -0.2) is 17.9 Å². The molecule has 0 radical (unpaired) electrons. The van der Waals surface area contributed by atoms with E-state index in [1.807, 2.05) is 6.92 Å². The topological polar surface area (TPSA) is 92.7 Å². The van der Waals surface area contributed by atoms with E-state index in [2.05, 4.69) is 11.6 Å². The number of sulfonamides is 1. The van der Waals surface area contributed by atoms with Gasteiger partial charge >= 0.3 is 5.97 Å². The van der Waals surface area contributed by atoms with Gasteiger partial charge in [0.25, 0.3) is 0 Å². The first-order chi connectivity index (χ1) is 9.85. The maximum atomic E-state index is 12.1. The molecule has 0 saturated carbocycles. The molecule has 1 atom stereocenters. The van der Waals surface area contributed by atoms with Crippen LogP contribution in [0.1, 0.15) is 33.1 Å². The van der Waals surface area contributed by atoms with E-state index in [9.17, 15) is 13.2 Å². The number of unbranched alkanes of at least 4 members (excludes halogenated alkanes) is 1. The van der Waals surface area contributed by atoms with Crippen LogP contribution in [0.3, 0.4) is 0 Å². The molecule has 0 amide bonds. The zero-order chi connectivity index (χ0) is 15.9. The summed E-state index contributed by atoms with van der Waals surface area (Å²) in [4.78, 5) is 10.5. The molecule has 0 aliphatic heterocycles. The number of hydrogen-bond acceptors (Lipinski definition) is 4. The summed E-state index contributed by atoms with van der Waals surface area (Å²) in [5, 5.41) is 8.50. The van der Waals surface area contributed by atoms with Gasteiger partial charge in [0, 0.05) is 6.04 Å². The average molecular weight is 315 g/mol. The molecule has 0 fully saturated rings. The highest BCUT2D eigenvalue weighted by molar-refractivity contribution is 7.89. The molecule has 0 aliphatic rings. The second kappa shape index (κ2) is 7.99. The first kappa shape index (κ1) is 17.5. The summed E-state index contributed by atoms with van der Waals surface area (Å²) < 4.78 is 31.8. The van der Waals surface area contributed by atoms with E-state index >= 15 is 0 Å². The van der Waals surface area contributed by atoms with Crippen molar-refractivity contribution in [2.45, 2.75) is 44.0 Å². The largest absolute Gasteiger partial charge is 0.482 e. The Balaban J connectivity index is 2.68. The maximum Gasteiger partial charge on any atom is 0.341 e. The summed E-state index contributed by atoms with van der Waals surface area (Å²) in [6.45, 7) is 3.42. The Hall–Kier alpha value is -1.60. The van der Waals surface area contributed by atoms with E-state index in [4.69, 9.17) is 9.84 Å². The predicted molar refractivity (Wildman–Crippen MR) is 78.9 cm³/mol. The summed E-state index contributed by atoms with van der Waals surface area (Å²) >= 11 is 0. The van der Waals surface area contributed by atoms with E-state index in [1.54, 1.807) is 0 Å². The Labute approximate surface area is 125 Å². The summed E-state index contributed by atoms with van der Waals surface area (Å²) in [7, 11) is -3.56. The van der Waals surface area contributed by atoms with E-state index in [0.29, 0.717) is 5.75 Å². The van der Waals surface area contributed by atoms with Crippen LogP contribution in [0, 0.1) is 0 Å². The number of nitrogens with one attached hydrogen (secondary N) is 1. The molecule has 1 aromatic carbocycles. The summed E-state index contributed by atoms with van der Waals surface area (Å²) in [5.41, 5.74) is 0. The monoisotopic (exact) mass is 315 g/mol. The smallest absolute Gasteiger partial charge is 0.341 e. The summed E-state index contributed by atoms with van der Waals surface area (Å²) in [6.07, 6.45) is 2.77. The van der Waals surface area contributed by atoms with Gasteiger partial charge in [0.15, 0.2) is 6.61 Å². The van der Waals surface area contributed by atoms with Crippen molar-refractivity contribution in [2.75, 3.05) is 6.61 Å². The molecule has 6 nitrogen and oxygen atoms in total. The Bertz CT molecular complexity index is 553. The lowest BCUT2D eigenvalue weighted by Crippen LogP contribution is -2.32. The lowest BCUT2D eigenvalue weighted by atomic mass is 10.2. The fraction of sp³-hybridized carbons (Fsp3) is 0.500. The van der Waals surface area contributed by atoms with Gasteiger partial charge in [0.1, 0.15) is 5.75 Å². The Morgan fingerprint density at radius 1 is 1.33 bits per heavy atom. The molecule has 21 heavy (non-hydrogen) atoms. The molecule has 118 valence electrons. The van der Waals surface area contributed by atoms with Crippen LogP contribution in [0.15, 0.2) is 29.2 Å². The van der Waals surface area contributed by atoms with Crippen LogP contribution in [-0.2, 0) is 14.8 Å². The van der Waals surface area contributed by atoms with Crippen molar-refractivity contribution >= 4 is 16.0 Å². The van der Waals surface area contributed by atoms with Crippen molar-refractivity contribution in [3.05, 3.63) is 24.3 Å². The van der Waals surface area contributed by atoms with E-state index in [-0.39, 0.29) is 10.9 Å². The number of carboxylic acid groups (broad SMARTS) is 1. The van der Waals surface area contributed by atoms with Crippen molar-refractivity contribution in [3.8, 4) is 5.75 Å². The number of benzene rings is 1. The Kier molecular flexibility index (Phi) is 6.64. The first-order valence-electron chi connectivity index (χ1n) is 6.82. The van der Waals surface area contributed by atoms with Crippen molar-refractivity contribution in [1.29, 1.82) is 0 Å². The van der Waals surface area contributed by atoms with Gasteiger partial charge in [-0.15, -0.1) is 0 Å². The highest BCUT2D eigenvalue weighted by atomic mass is 32.2. The molecule has 2 N–H and O–H groups in total. The van der Waals surface area contributed by atoms with Crippen LogP contribution >= 0.6 is 0 Å². The third kappa shape index (κ3) is 6.14. The van der Waals surface area contributed by atoms with Crippen molar-refractivity contribution in [3.63, 3.8) is 0 Å². The second-order valence-corrected chi connectivity index (χ2v) is 6.53. The molecule has 1 rings (SSSR count).